The second-order valence-corrected chi connectivity index (χ2v) is 4.69. The van der Waals surface area contributed by atoms with E-state index in [4.69, 9.17) is 11.6 Å². The minimum absolute atomic E-state index is 0.151. The number of benzene rings is 1. The Balaban J connectivity index is 1.81. The lowest BCUT2D eigenvalue weighted by Crippen LogP contribution is -2.36. The fourth-order valence-electron chi connectivity index (χ4n) is 1.93. The van der Waals surface area contributed by atoms with Crippen LogP contribution in [0.4, 0.5) is 10.5 Å². The van der Waals surface area contributed by atoms with Crippen LogP contribution in [0.3, 0.4) is 0 Å². The number of carbonyl (C=O) groups excluding carboxylic acids is 1. The number of halogens is 1. The van der Waals surface area contributed by atoms with Gasteiger partial charge in [0.15, 0.2) is 0 Å². The summed E-state index contributed by atoms with van der Waals surface area (Å²) >= 11 is 5.98. The lowest BCUT2D eigenvalue weighted by Gasteiger charge is -2.12. The highest BCUT2D eigenvalue weighted by molar-refractivity contribution is 6.20. The molecule has 1 aromatic rings. The summed E-state index contributed by atoms with van der Waals surface area (Å²) in [6, 6.07) is 9.48. The van der Waals surface area contributed by atoms with Crippen LogP contribution in [0.1, 0.15) is 19.3 Å². The van der Waals surface area contributed by atoms with Crippen LogP contribution in [0.5, 0.6) is 0 Å². The van der Waals surface area contributed by atoms with E-state index in [0.717, 1.165) is 24.9 Å². The van der Waals surface area contributed by atoms with Gasteiger partial charge in [-0.25, -0.2) is 4.79 Å². The van der Waals surface area contributed by atoms with Crippen LogP contribution in [-0.4, -0.2) is 17.5 Å². The summed E-state index contributed by atoms with van der Waals surface area (Å²) in [5.74, 6) is 0. The third kappa shape index (κ3) is 3.14. The van der Waals surface area contributed by atoms with Crippen molar-refractivity contribution in [2.75, 3.05) is 5.32 Å². The first-order chi connectivity index (χ1) is 7.74. The van der Waals surface area contributed by atoms with Crippen LogP contribution in [0.25, 0.3) is 0 Å². The van der Waals surface area contributed by atoms with Crippen LogP contribution in [0.15, 0.2) is 30.3 Å². The van der Waals surface area contributed by atoms with Gasteiger partial charge in [0.25, 0.3) is 0 Å². The molecule has 4 heteroatoms. The van der Waals surface area contributed by atoms with Gasteiger partial charge in [-0.3, -0.25) is 0 Å². The predicted molar refractivity (Wildman–Crippen MR) is 65.9 cm³/mol. The Bertz CT molecular complexity index is 355. The molecular formula is C12H15ClN2O. The fourth-order valence-corrected chi connectivity index (χ4v) is 2.27. The van der Waals surface area contributed by atoms with Crippen molar-refractivity contribution in [1.29, 1.82) is 0 Å². The molecule has 0 aromatic heterocycles. The van der Waals surface area contributed by atoms with Crippen LogP contribution in [-0.2, 0) is 0 Å². The molecule has 0 radical (unpaired) electrons. The van der Waals surface area contributed by atoms with E-state index in [1.807, 2.05) is 30.3 Å². The van der Waals surface area contributed by atoms with Gasteiger partial charge in [0.05, 0.1) is 0 Å². The van der Waals surface area contributed by atoms with Crippen molar-refractivity contribution in [3.05, 3.63) is 30.3 Å². The molecule has 2 unspecified atom stereocenters. The zero-order valence-electron chi connectivity index (χ0n) is 8.95. The van der Waals surface area contributed by atoms with E-state index < -0.39 is 0 Å². The molecule has 1 aliphatic carbocycles. The van der Waals surface area contributed by atoms with Gasteiger partial charge in [0, 0.05) is 17.1 Å². The molecule has 2 amide bonds. The van der Waals surface area contributed by atoms with E-state index in [2.05, 4.69) is 10.6 Å². The van der Waals surface area contributed by atoms with Crippen molar-refractivity contribution in [2.24, 2.45) is 0 Å². The Hall–Kier alpha value is -1.22. The first kappa shape index (κ1) is 11.3. The number of amides is 2. The lowest BCUT2D eigenvalue weighted by molar-refractivity contribution is 0.248. The van der Waals surface area contributed by atoms with Crippen molar-refractivity contribution in [3.8, 4) is 0 Å². The zero-order chi connectivity index (χ0) is 11.4. The molecule has 86 valence electrons. The van der Waals surface area contributed by atoms with Gasteiger partial charge in [-0.05, 0) is 31.4 Å². The van der Waals surface area contributed by atoms with Crippen molar-refractivity contribution >= 4 is 23.3 Å². The molecule has 3 nitrogen and oxygen atoms in total. The first-order valence-corrected chi connectivity index (χ1v) is 5.94. The largest absolute Gasteiger partial charge is 0.335 e. The SMILES string of the molecule is O=C(Nc1ccccc1)NC1CCC(Cl)C1. The topological polar surface area (TPSA) is 41.1 Å². The van der Waals surface area contributed by atoms with E-state index in [1.165, 1.54) is 0 Å². The minimum atomic E-state index is -0.151. The van der Waals surface area contributed by atoms with Crippen LogP contribution in [0, 0.1) is 0 Å². The second-order valence-electron chi connectivity index (χ2n) is 4.07. The molecule has 16 heavy (non-hydrogen) atoms. The van der Waals surface area contributed by atoms with Gasteiger partial charge in [-0.15, -0.1) is 11.6 Å². The molecule has 2 atom stereocenters. The number of anilines is 1. The Morgan fingerprint density at radius 1 is 1.25 bits per heavy atom. The van der Waals surface area contributed by atoms with Gasteiger partial charge >= 0.3 is 6.03 Å². The predicted octanol–water partition coefficient (Wildman–Crippen LogP) is 2.97. The summed E-state index contributed by atoms with van der Waals surface area (Å²) in [7, 11) is 0. The summed E-state index contributed by atoms with van der Waals surface area (Å²) in [6.45, 7) is 0. The van der Waals surface area contributed by atoms with Gasteiger partial charge < -0.3 is 10.6 Å². The maximum Gasteiger partial charge on any atom is 0.319 e. The second kappa shape index (κ2) is 5.21. The third-order valence-electron chi connectivity index (χ3n) is 2.74. The van der Waals surface area contributed by atoms with Crippen LogP contribution >= 0.6 is 11.6 Å². The average Bonchev–Trinajstić information content (AvgIpc) is 2.65. The molecule has 0 bridgehead atoms. The van der Waals surface area contributed by atoms with Crippen molar-refractivity contribution in [2.45, 2.75) is 30.7 Å². The van der Waals surface area contributed by atoms with Crippen LogP contribution in [0.2, 0.25) is 0 Å². The van der Waals surface area contributed by atoms with Crippen molar-refractivity contribution in [3.63, 3.8) is 0 Å². The molecular weight excluding hydrogens is 224 g/mol. The normalized spacial score (nSPS) is 24.1. The van der Waals surface area contributed by atoms with Gasteiger partial charge in [-0.1, -0.05) is 18.2 Å². The number of hydrogen-bond donors (Lipinski definition) is 2. The van der Waals surface area contributed by atoms with Crippen LogP contribution < -0.4 is 10.6 Å². The Kier molecular flexibility index (Phi) is 3.67. The lowest BCUT2D eigenvalue weighted by atomic mass is 10.2. The molecule has 0 heterocycles. The summed E-state index contributed by atoms with van der Waals surface area (Å²) in [4.78, 5) is 11.6. The monoisotopic (exact) mass is 238 g/mol. The summed E-state index contributed by atoms with van der Waals surface area (Å²) in [5, 5.41) is 5.92. The number of carbonyl (C=O) groups is 1. The number of alkyl halides is 1. The molecule has 1 saturated carbocycles. The molecule has 0 saturated heterocycles. The van der Waals surface area contributed by atoms with E-state index >= 15 is 0 Å². The maximum atomic E-state index is 11.6. The van der Waals surface area contributed by atoms with Gasteiger partial charge in [0.1, 0.15) is 0 Å². The number of nitrogens with one attached hydrogen (secondary N) is 2. The van der Waals surface area contributed by atoms with E-state index in [1.54, 1.807) is 0 Å². The summed E-state index contributed by atoms with van der Waals surface area (Å²) in [5.41, 5.74) is 0.806. The highest BCUT2D eigenvalue weighted by Gasteiger charge is 2.23. The Morgan fingerprint density at radius 3 is 2.62 bits per heavy atom. The number of rotatable bonds is 2. The van der Waals surface area contributed by atoms with E-state index in [-0.39, 0.29) is 17.5 Å². The van der Waals surface area contributed by atoms with Gasteiger partial charge in [-0.2, -0.15) is 0 Å². The molecule has 0 aliphatic heterocycles. The summed E-state index contributed by atoms with van der Waals surface area (Å²) in [6.07, 6.45) is 2.82. The van der Waals surface area contributed by atoms with E-state index in [0.29, 0.717) is 0 Å². The highest BCUT2D eigenvalue weighted by Crippen LogP contribution is 2.23. The number of hydrogen-bond acceptors (Lipinski definition) is 1. The van der Waals surface area contributed by atoms with Crippen molar-refractivity contribution in [1.82, 2.24) is 5.32 Å². The molecule has 2 N–H and O–H groups in total. The Morgan fingerprint density at radius 2 is 2.00 bits per heavy atom. The molecule has 0 spiro atoms. The Labute approximate surface area is 100 Å². The maximum absolute atomic E-state index is 11.6. The number of urea groups is 1. The molecule has 1 aliphatic rings. The quantitative estimate of drug-likeness (QED) is 0.765. The molecule has 1 aromatic carbocycles. The number of para-hydroxylation sites is 1. The molecule has 1 fully saturated rings. The van der Waals surface area contributed by atoms with E-state index in [9.17, 15) is 4.79 Å². The van der Waals surface area contributed by atoms with Crippen molar-refractivity contribution < 1.29 is 4.79 Å². The highest BCUT2D eigenvalue weighted by atomic mass is 35.5. The zero-order valence-corrected chi connectivity index (χ0v) is 9.70. The fraction of sp³-hybridized carbons (Fsp3) is 0.417. The standard InChI is InChI=1S/C12H15ClN2O/c13-9-6-7-11(8-9)15-12(16)14-10-4-2-1-3-5-10/h1-5,9,11H,6-8H2,(H2,14,15,16). The van der Waals surface area contributed by atoms with Gasteiger partial charge in [0.2, 0.25) is 0 Å². The average molecular weight is 239 g/mol. The minimum Gasteiger partial charge on any atom is -0.335 e. The molecule has 2 rings (SSSR count). The summed E-state index contributed by atoms with van der Waals surface area (Å²) < 4.78 is 0. The smallest absolute Gasteiger partial charge is 0.319 e. The third-order valence-corrected chi connectivity index (χ3v) is 3.13. The first-order valence-electron chi connectivity index (χ1n) is 5.50.